The molecule has 1 aromatic rings. The zero-order valence-corrected chi connectivity index (χ0v) is 10.5. The molecular weight excluding hydrogens is 200 g/mol. The van der Waals surface area contributed by atoms with Gasteiger partial charge in [0.2, 0.25) is 0 Å². The summed E-state index contributed by atoms with van der Waals surface area (Å²) in [5.74, 6) is 1.34. The first-order valence-electron chi connectivity index (χ1n) is 5.77. The monoisotopic (exact) mass is 220 g/mol. The molecule has 1 rings (SSSR count). The molecule has 1 unspecified atom stereocenters. The Morgan fingerprint density at radius 3 is 2.44 bits per heavy atom. The summed E-state index contributed by atoms with van der Waals surface area (Å²) in [6.07, 6.45) is 1.13. The molecule has 0 aliphatic heterocycles. The minimum absolute atomic E-state index is 0.0485. The van der Waals surface area contributed by atoms with Crippen molar-refractivity contribution in [2.24, 2.45) is 5.92 Å². The third kappa shape index (κ3) is 3.69. The number of benzene rings is 1. The number of para-hydroxylation sites is 1. The molecule has 2 nitrogen and oxygen atoms in total. The number of ketones is 1. The molecule has 0 radical (unpaired) electrons. The molecule has 0 amide bonds. The van der Waals surface area contributed by atoms with E-state index in [0.717, 1.165) is 6.42 Å². The van der Waals surface area contributed by atoms with Crippen LogP contribution in [-0.2, 0) is 0 Å². The van der Waals surface area contributed by atoms with E-state index in [1.54, 1.807) is 13.0 Å². The molecule has 0 aliphatic rings. The summed E-state index contributed by atoms with van der Waals surface area (Å²) in [4.78, 5) is 11.4. The molecule has 0 heterocycles. The van der Waals surface area contributed by atoms with Gasteiger partial charge >= 0.3 is 0 Å². The Morgan fingerprint density at radius 2 is 1.88 bits per heavy atom. The second kappa shape index (κ2) is 5.69. The molecule has 1 aromatic carbocycles. The summed E-state index contributed by atoms with van der Waals surface area (Å²) < 4.78 is 5.80. The second-order valence-corrected chi connectivity index (χ2v) is 4.61. The van der Waals surface area contributed by atoms with Gasteiger partial charge in [-0.1, -0.05) is 26.0 Å². The minimum atomic E-state index is 0.0485. The van der Waals surface area contributed by atoms with Crippen LogP contribution in [0.2, 0.25) is 0 Å². The van der Waals surface area contributed by atoms with Gasteiger partial charge in [0.25, 0.3) is 0 Å². The predicted molar refractivity (Wildman–Crippen MR) is 66.0 cm³/mol. The maximum absolute atomic E-state index is 11.4. The van der Waals surface area contributed by atoms with Crippen molar-refractivity contribution in [3.05, 3.63) is 29.8 Å². The number of rotatable bonds is 5. The quantitative estimate of drug-likeness (QED) is 0.707. The maximum atomic E-state index is 11.4. The largest absolute Gasteiger partial charge is 0.490 e. The van der Waals surface area contributed by atoms with Crippen LogP contribution in [0, 0.1) is 5.92 Å². The lowest BCUT2D eigenvalue weighted by molar-refractivity contribution is 0.101. The highest BCUT2D eigenvalue weighted by Gasteiger charge is 2.11. The molecule has 0 fully saturated rings. The third-order valence-electron chi connectivity index (χ3n) is 2.40. The van der Waals surface area contributed by atoms with Crippen LogP contribution in [0.25, 0.3) is 0 Å². The molecule has 0 saturated carbocycles. The minimum Gasteiger partial charge on any atom is -0.490 e. The normalized spacial score (nSPS) is 12.6. The van der Waals surface area contributed by atoms with Crippen LogP contribution in [0.5, 0.6) is 5.75 Å². The van der Waals surface area contributed by atoms with E-state index in [2.05, 4.69) is 13.8 Å². The number of ether oxygens (including phenoxy) is 1. The summed E-state index contributed by atoms with van der Waals surface area (Å²) in [5, 5.41) is 0. The number of hydrogen-bond donors (Lipinski definition) is 0. The average Bonchev–Trinajstić information content (AvgIpc) is 2.16. The fourth-order valence-electron chi connectivity index (χ4n) is 1.79. The van der Waals surface area contributed by atoms with Gasteiger partial charge in [0.15, 0.2) is 5.78 Å². The van der Waals surface area contributed by atoms with Gasteiger partial charge in [-0.15, -0.1) is 0 Å². The molecule has 1 atom stereocenters. The summed E-state index contributed by atoms with van der Waals surface area (Å²) in [6.45, 7) is 7.93. The summed E-state index contributed by atoms with van der Waals surface area (Å²) in [7, 11) is 0. The van der Waals surface area contributed by atoms with Gasteiger partial charge in [-0.3, -0.25) is 4.79 Å². The molecule has 0 bridgehead atoms. The highest BCUT2D eigenvalue weighted by Crippen LogP contribution is 2.21. The SMILES string of the molecule is CC(=O)c1ccccc1OC(C)CC(C)C. The number of hydrogen-bond acceptors (Lipinski definition) is 2. The van der Waals surface area contributed by atoms with E-state index in [4.69, 9.17) is 4.74 Å². The fourth-order valence-corrected chi connectivity index (χ4v) is 1.79. The highest BCUT2D eigenvalue weighted by atomic mass is 16.5. The molecule has 0 aromatic heterocycles. The Morgan fingerprint density at radius 1 is 1.25 bits per heavy atom. The van der Waals surface area contributed by atoms with Crippen molar-refractivity contribution in [1.29, 1.82) is 0 Å². The van der Waals surface area contributed by atoms with E-state index in [1.165, 1.54) is 0 Å². The fraction of sp³-hybridized carbons (Fsp3) is 0.500. The second-order valence-electron chi connectivity index (χ2n) is 4.61. The molecule has 0 aliphatic carbocycles. The van der Waals surface area contributed by atoms with Crippen LogP contribution < -0.4 is 4.74 Å². The first-order valence-corrected chi connectivity index (χ1v) is 5.77. The Hall–Kier alpha value is -1.31. The van der Waals surface area contributed by atoms with Gasteiger partial charge in [0, 0.05) is 0 Å². The van der Waals surface area contributed by atoms with Gasteiger partial charge in [-0.25, -0.2) is 0 Å². The van der Waals surface area contributed by atoms with Crippen LogP contribution in [-0.4, -0.2) is 11.9 Å². The van der Waals surface area contributed by atoms with Crippen molar-refractivity contribution in [1.82, 2.24) is 0 Å². The molecule has 0 N–H and O–H groups in total. The number of carbonyl (C=O) groups is 1. The number of Topliss-reactive ketones (excluding diaryl/α,β-unsaturated/α-hetero) is 1. The molecule has 0 saturated heterocycles. The topological polar surface area (TPSA) is 26.3 Å². The molecule has 16 heavy (non-hydrogen) atoms. The van der Waals surface area contributed by atoms with Crippen LogP contribution in [0.15, 0.2) is 24.3 Å². The molecule has 88 valence electrons. The van der Waals surface area contributed by atoms with E-state index < -0.39 is 0 Å². The Labute approximate surface area is 97.6 Å². The van der Waals surface area contributed by atoms with Gasteiger partial charge in [-0.05, 0) is 38.3 Å². The zero-order chi connectivity index (χ0) is 12.1. The lowest BCUT2D eigenvalue weighted by atomic mass is 10.1. The Balaban J connectivity index is 2.76. The predicted octanol–water partition coefficient (Wildman–Crippen LogP) is 3.70. The van der Waals surface area contributed by atoms with Crippen molar-refractivity contribution in [2.45, 2.75) is 40.2 Å². The van der Waals surface area contributed by atoms with Crippen LogP contribution in [0.1, 0.15) is 44.5 Å². The first-order chi connectivity index (χ1) is 7.50. The van der Waals surface area contributed by atoms with Crippen molar-refractivity contribution in [3.63, 3.8) is 0 Å². The van der Waals surface area contributed by atoms with E-state index in [9.17, 15) is 4.79 Å². The van der Waals surface area contributed by atoms with E-state index in [1.807, 2.05) is 25.1 Å². The first kappa shape index (κ1) is 12.8. The average molecular weight is 220 g/mol. The van der Waals surface area contributed by atoms with E-state index in [0.29, 0.717) is 17.2 Å². The maximum Gasteiger partial charge on any atom is 0.163 e. The van der Waals surface area contributed by atoms with Crippen molar-refractivity contribution < 1.29 is 9.53 Å². The Bertz CT molecular complexity index is 356. The molecule has 2 heteroatoms. The molecular formula is C14H20O2. The van der Waals surface area contributed by atoms with Crippen LogP contribution in [0.4, 0.5) is 0 Å². The lowest BCUT2D eigenvalue weighted by Crippen LogP contribution is -2.15. The van der Waals surface area contributed by atoms with Crippen LogP contribution in [0.3, 0.4) is 0 Å². The molecule has 0 spiro atoms. The van der Waals surface area contributed by atoms with Gasteiger partial charge in [0.1, 0.15) is 5.75 Å². The number of carbonyl (C=O) groups excluding carboxylic acids is 1. The van der Waals surface area contributed by atoms with Gasteiger partial charge < -0.3 is 4.74 Å². The standard InChI is InChI=1S/C14H20O2/c1-10(2)9-11(3)16-14-8-6-5-7-13(14)12(4)15/h5-8,10-11H,9H2,1-4H3. The Kier molecular flexibility index (Phi) is 4.53. The summed E-state index contributed by atoms with van der Waals surface area (Å²) in [6, 6.07) is 7.41. The lowest BCUT2D eigenvalue weighted by Gasteiger charge is -2.18. The zero-order valence-electron chi connectivity index (χ0n) is 10.5. The summed E-state index contributed by atoms with van der Waals surface area (Å²) >= 11 is 0. The van der Waals surface area contributed by atoms with Crippen LogP contribution >= 0.6 is 0 Å². The highest BCUT2D eigenvalue weighted by molar-refractivity contribution is 5.96. The third-order valence-corrected chi connectivity index (χ3v) is 2.40. The van der Waals surface area contributed by atoms with Gasteiger partial charge in [-0.2, -0.15) is 0 Å². The van der Waals surface area contributed by atoms with Gasteiger partial charge in [0.05, 0.1) is 11.7 Å². The smallest absolute Gasteiger partial charge is 0.163 e. The van der Waals surface area contributed by atoms with E-state index in [-0.39, 0.29) is 11.9 Å². The van der Waals surface area contributed by atoms with Crippen molar-refractivity contribution in [3.8, 4) is 5.75 Å². The van der Waals surface area contributed by atoms with Crippen molar-refractivity contribution in [2.75, 3.05) is 0 Å². The summed E-state index contributed by atoms with van der Waals surface area (Å²) in [5.41, 5.74) is 0.665. The van der Waals surface area contributed by atoms with Crippen molar-refractivity contribution >= 4 is 5.78 Å². The van der Waals surface area contributed by atoms with E-state index >= 15 is 0 Å².